The summed E-state index contributed by atoms with van der Waals surface area (Å²) in [6.07, 6.45) is -3.45. The normalized spacial score (nSPS) is 16.3. The SMILES string of the molecule is COC(=O)NC(C(=O)NN(Cc1ccc(-c2ccccn2)cc1)C[C@H](O)[C@H](Cc1ccccc1)NC(=O)O[C@@H]1CCOC1=O)C(C)(C)C.COC(=O)NC(C(=O)NN(Cc1ccc(-c2ccccn2)cc1)C[C@H](O)[C@H](Cc1ccccc1)NC(=O)O[C@H]1CCOC1=O)C(C)(C)C. The number of nitrogens with zero attached hydrogens (tertiary/aromatic N) is 4. The number of carbonyl (C=O) groups excluding carboxylic acids is 8. The van der Waals surface area contributed by atoms with Crippen LogP contribution in [0.15, 0.2) is 158 Å². The molecule has 6 aromatic rings. The van der Waals surface area contributed by atoms with Crippen molar-refractivity contribution in [3.63, 3.8) is 0 Å². The fourth-order valence-corrected chi connectivity index (χ4v) is 10.3. The summed E-state index contributed by atoms with van der Waals surface area (Å²) in [5.74, 6) is -2.31. The van der Waals surface area contributed by atoms with Crippen LogP contribution in [-0.4, -0.2) is 167 Å². The molecule has 0 aliphatic carbocycles. The number of carbonyl (C=O) groups is 8. The molecule has 512 valence electrons. The number of amides is 6. The van der Waals surface area contributed by atoms with Crippen LogP contribution >= 0.6 is 0 Å². The maximum atomic E-state index is 13.7. The van der Waals surface area contributed by atoms with Crippen LogP contribution in [-0.2, 0) is 73.5 Å². The Morgan fingerprint density at radius 2 is 0.844 bits per heavy atom. The van der Waals surface area contributed by atoms with Crippen LogP contribution in [0.3, 0.4) is 0 Å². The molecule has 6 amide bonds. The van der Waals surface area contributed by atoms with Crippen LogP contribution in [0.5, 0.6) is 0 Å². The van der Waals surface area contributed by atoms with E-state index in [1.165, 1.54) is 24.2 Å². The van der Waals surface area contributed by atoms with Crippen molar-refractivity contribution in [2.24, 2.45) is 10.8 Å². The third-order valence-electron chi connectivity index (χ3n) is 15.5. The Morgan fingerprint density at radius 3 is 1.15 bits per heavy atom. The third kappa shape index (κ3) is 23.2. The van der Waals surface area contributed by atoms with E-state index in [0.717, 1.165) is 44.8 Å². The Morgan fingerprint density at radius 1 is 0.490 bits per heavy atom. The number of aromatic nitrogens is 2. The van der Waals surface area contributed by atoms with E-state index in [9.17, 15) is 48.6 Å². The van der Waals surface area contributed by atoms with Crippen molar-refractivity contribution >= 4 is 48.1 Å². The van der Waals surface area contributed by atoms with Crippen molar-refractivity contribution in [3.05, 3.63) is 180 Å². The molecule has 96 heavy (non-hydrogen) atoms. The molecular weight excluding hydrogens is 1240 g/mol. The standard InChI is InChI=1S/2C35H43N5O8/c2*1-35(2,3)30(38-33(44)46-4)31(42)39-40(21-24-13-15-25(16-14-24)26-12-8-9-18-36-26)22-28(41)27(20-23-10-6-5-7-11-23)37-34(45)48-29-17-19-47-32(29)43/h2*5-16,18,27-30,41H,17,19-22H2,1-4H3,(H,37,45)(H,38,44)(H,39,42)/t27-,28-,29+,30?;27-,28-,29-,30?/m00/s1. The second-order valence-corrected chi connectivity index (χ2v) is 25.1. The summed E-state index contributed by atoms with van der Waals surface area (Å²) in [7, 11) is 2.43. The van der Waals surface area contributed by atoms with Gasteiger partial charge in [-0.05, 0) is 70.2 Å². The molecule has 8 rings (SSSR count). The molecule has 2 unspecified atom stereocenters. The number of hydrazine groups is 2. The van der Waals surface area contributed by atoms with Crippen molar-refractivity contribution in [1.29, 1.82) is 0 Å². The largest absolute Gasteiger partial charge is 0.463 e. The topological polar surface area (TPSA) is 337 Å². The highest BCUT2D eigenvalue weighted by atomic mass is 16.6. The summed E-state index contributed by atoms with van der Waals surface area (Å²) in [6.45, 7) is 11.2. The minimum Gasteiger partial charge on any atom is -0.463 e. The Labute approximate surface area is 558 Å². The molecule has 26 heteroatoms. The van der Waals surface area contributed by atoms with E-state index in [2.05, 4.69) is 42.1 Å². The zero-order valence-electron chi connectivity index (χ0n) is 55.1. The molecule has 2 fully saturated rings. The van der Waals surface area contributed by atoms with Gasteiger partial charge in [-0.2, -0.15) is 0 Å². The fraction of sp³-hybridized carbons (Fsp3) is 0.400. The van der Waals surface area contributed by atoms with Crippen LogP contribution in [0.25, 0.3) is 22.5 Å². The number of alkyl carbamates (subject to hydrolysis) is 4. The van der Waals surface area contributed by atoms with Crippen LogP contribution in [0.1, 0.15) is 76.6 Å². The van der Waals surface area contributed by atoms with E-state index >= 15 is 0 Å². The summed E-state index contributed by atoms with van der Waals surface area (Å²) in [4.78, 5) is 110. The predicted octanol–water partition coefficient (Wildman–Crippen LogP) is 6.73. The van der Waals surface area contributed by atoms with E-state index < -0.39 is 108 Å². The van der Waals surface area contributed by atoms with Gasteiger partial charge in [-0.3, -0.25) is 30.4 Å². The van der Waals surface area contributed by atoms with Crippen molar-refractivity contribution in [3.8, 4) is 22.5 Å². The molecule has 2 aliphatic heterocycles. The molecule has 2 aromatic heterocycles. The lowest BCUT2D eigenvalue weighted by Gasteiger charge is -2.34. The van der Waals surface area contributed by atoms with E-state index in [4.69, 9.17) is 28.4 Å². The molecule has 26 nitrogen and oxygen atoms in total. The van der Waals surface area contributed by atoms with Crippen molar-refractivity contribution in [2.75, 3.05) is 40.5 Å². The van der Waals surface area contributed by atoms with Crippen LogP contribution in [0.4, 0.5) is 19.2 Å². The van der Waals surface area contributed by atoms with Crippen LogP contribution in [0, 0.1) is 10.8 Å². The molecule has 2 saturated heterocycles. The number of aliphatic hydroxyl groups is 2. The first-order chi connectivity index (χ1) is 45.8. The molecule has 4 heterocycles. The Hall–Kier alpha value is -10.0. The lowest BCUT2D eigenvalue weighted by molar-refractivity contribution is -0.145. The minimum absolute atomic E-state index is 0.133. The first-order valence-electron chi connectivity index (χ1n) is 31.4. The molecular formula is C70H86N10O16. The lowest BCUT2D eigenvalue weighted by atomic mass is 9.86. The fourth-order valence-electron chi connectivity index (χ4n) is 10.3. The lowest BCUT2D eigenvalue weighted by Crippen LogP contribution is -2.59. The summed E-state index contributed by atoms with van der Waals surface area (Å²) in [5, 5.41) is 36.9. The van der Waals surface area contributed by atoms with E-state index in [0.29, 0.717) is 0 Å². The number of cyclic esters (lactones) is 2. The third-order valence-corrected chi connectivity index (χ3v) is 15.5. The number of hydrogen-bond acceptors (Lipinski definition) is 20. The van der Waals surface area contributed by atoms with E-state index in [1.54, 1.807) is 53.9 Å². The van der Waals surface area contributed by atoms with Gasteiger partial charge in [0.2, 0.25) is 12.2 Å². The monoisotopic (exact) mass is 1320 g/mol. The number of nitrogens with one attached hydrogen (secondary N) is 6. The number of aliphatic hydroxyl groups excluding tert-OH is 2. The van der Waals surface area contributed by atoms with Gasteiger partial charge in [0.15, 0.2) is 0 Å². The zero-order valence-corrected chi connectivity index (χ0v) is 55.1. The maximum absolute atomic E-state index is 13.7. The van der Waals surface area contributed by atoms with Gasteiger partial charge in [-0.1, -0.05) is 163 Å². The number of hydrogen-bond donors (Lipinski definition) is 8. The summed E-state index contributed by atoms with van der Waals surface area (Å²) < 4.78 is 29.9. The summed E-state index contributed by atoms with van der Waals surface area (Å²) in [6, 6.07) is 41.3. The van der Waals surface area contributed by atoms with Crippen molar-refractivity contribution < 1.29 is 77.0 Å². The molecule has 8 atom stereocenters. The van der Waals surface area contributed by atoms with Gasteiger partial charge in [-0.15, -0.1) is 0 Å². The summed E-state index contributed by atoms with van der Waals surface area (Å²) in [5.41, 5.74) is 11.0. The second-order valence-electron chi connectivity index (χ2n) is 25.1. The molecule has 0 spiro atoms. The number of methoxy groups -OCH3 is 2. The molecule has 8 N–H and O–H groups in total. The maximum Gasteiger partial charge on any atom is 0.408 e. The first kappa shape index (κ1) is 73.4. The second kappa shape index (κ2) is 35.5. The van der Waals surface area contributed by atoms with E-state index in [-0.39, 0.29) is 65.1 Å². The predicted molar refractivity (Wildman–Crippen MR) is 352 cm³/mol. The number of rotatable bonds is 26. The van der Waals surface area contributed by atoms with Gasteiger partial charge < -0.3 is 59.9 Å². The van der Waals surface area contributed by atoms with Gasteiger partial charge in [0.1, 0.15) is 12.1 Å². The quantitative estimate of drug-likeness (QED) is 0.0158. The van der Waals surface area contributed by atoms with Gasteiger partial charge in [0.05, 0.1) is 63.1 Å². The van der Waals surface area contributed by atoms with Gasteiger partial charge in [-0.25, -0.2) is 38.8 Å². The number of benzene rings is 4. The van der Waals surface area contributed by atoms with Gasteiger partial charge in [0, 0.05) is 62.5 Å². The highest BCUT2D eigenvalue weighted by molar-refractivity contribution is 5.87. The first-order valence-corrected chi connectivity index (χ1v) is 31.4. The minimum atomic E-state index is -1.23. The van der Waals surface area contributed by atoms with Gasteiger partial charge >= 0.3 is 36.3 Å². The Bertz CT molecular complexity index is 3260. The van der Waals surface area contributed by atoms with Gasteiger partial charge in [0.25, 0.3) is 11.8 Å². The summed E-state index contributed by atoms with van der Waals surface area (Å²) >= 11 is 0. The number of esters is 2. The zero-order chi connectivity index (χ0) is 69.4. The average Bonchev–Trinajstić information content (AvgIpc) is 1.22. The van der Waals surface area contributed by atoms with E-state index in [1.807, 2.05) is 146 Å². The average molecular weight is 1320 g/mol. The highest BCUT2D eigenvalue weighted by Gasteiger charge is 2.38. The smallest absolute Gasteiger partial charge is 0.408 e. The van der Waals surface area contributed by atoms with Crippen molar-refractivity contribution in [1.82, 2.24) is 52.1 Å². The molecule has 2 aliphatic rings. The molecule has 0 bridgehead atoms. The molecule has 0 radical (unpaired) electrons. The number of pyridine rings is 2. The Balaban J connectivity index is 0.000000271. The highest BCUT2D eigenvalue weighted by Crippen LogP contribution is 2.25. The molecule has 4 aromatic carbocycles. The van der Waals surface area contributed by atoms with Crippen LogP contribution < -0.4 is 32.1 Å². The Kier molecular flexibility index (Phi) is 27.1. The van der Waals surface area contributed by atoms with Crippen LogP contribution in [0.2, 0.25) is 0 Å². The molecule has 0 saturated carbocycles. The number of ether oxygens (including phenoxy) is 6. The van der Waals surface area contributed by atoms with Crippen molar-refractivity contribution in [2.45, 2.75) is 129 Å².